The van der Waals surface area contributed by atoms with E-state index in [4.69, 9.17) is 4.74 Å². The summed E-state index contributed by atoms with van der Waals surface area (Å²) < 4.78 is 5.82. The number of hydrogen-bond acceptors (Lipinski definition) is 4. The monoisotopic (exact) mass is 291 g/mol. The summed E-state index contributed by atoms with van der Waals surface area (Å²) in [7, 11) is 0. The molecule has 0 amide bonds. The van der Waals surface area contributed by atoms with E-state index in [9.17, 15) is 5.11 Å². The number of thiazole rings is 1. The van der Waals surface area contributed by atoms with E-state index >= 15 is 0 Å². The van der Waals surface area contributed by atoms with E-state index in [0.717, 1.165) is 27.6 Å². The molecule has 1 unspecified atom stereocenters. The van der Waals surface area contributed by atoms with Gasteiger partial charge in [0.25, 0.3) is 0 Å². The Kier molecular flexibility index (Phi) is 4.78. The number of hydrogen-bond donors (Lipinski definition) is 1. The van der Waals surface area contributed by atoms with E-state index in [0.29, 0.717) is 12.5 Å². The Bertz CT molecular complexity index is 576. The second kappa shape index (κ2) is 6.37. The van der Waals surface area contributed by atoms with Crippen LogP contribution >= 0.6 is 11.3 Å². The summed E-state index contributed by atoms with van der Waals surface area (Å²) in [4.78, 5) is 4.55. The Balaban J connectivity index is 2.10. The quantitative estimate of drug-likeness (QED) is 0.897. The number of aliphatic hydroxyl groups is 1. The maximum atomic E-state index is 9.81. The van der Waals surface area contributed by atoms with Crippen LogP contribution in [0.25, 0.3) is 0 Å². The Morgan fingerprint density at radius 2 is 2.05 bits per heavy atom. The van der Waals surface area contributed by atoms with Crippen molar-refractivity contribution in [2.45, 2.75) is 46.3 Å². The van der Waals surface area contributed by atoms with E-state index in [1.54, 1.807) is 18.3 Å². The number of ether oxygens (including phenoxy) is 1. The van der Waals surface area contributed by atoms with E-state index in [1.807, 2.05) is 30.5 Å². The minimum absolute atomic E-state index is 0.437. The smallest absolute Gasteiger partial charge is 0.131 e. The third-order valence-electron chi connectivity index (χ3n) is 3.05. The predicted octanol–water partition coefficient (Wildman–Crippen LogP) is 4.21. The van der Waals surface area contributed by atoms with Gasteiger partial charge in [0.05, 0.1) is 16.8 Å². The van der Waals surface area contributed by atoms with E-state index in [1.165, 1.54) is 0 Å². The predicted molar refractivity (Wildman–Crippen MR) is 82.3 cm³/mol. The molecule has 1 heterocycles. The van der Waals surface area contributed by atoms with Gasteiger partial charge in [0.2, 0.25) is 0 Å². The molecule has 0 saturated carbocycles. The largest absolute Gasteiger partial charge is 0.487 e. The highest BCUT2D eigenvalue weighted by Gasteiger charge is 2.11. The first-order valence-electron chi connectivity index (χ1n) is 6.83. The van der Waals surface area contributed by atoms with E-state index in [2.05, 4.69) is 18.8 Å². The zero-order chi connectivity index (χ0) is 14.7. The molecule has 0 radical (unpaired) electrons. The number of nitrogens with zero attached hydrogens (tertiary/aromatic N) is 1. The maximum Gasteiger partial charge on any atom is 0.131 e. The van der Waals surface area contributed by atoms with Gasteiger partial charge in [-0.25, -0.2) is 4.98 Å². The lowest BCUT2D eigenvalue weighted by atomic mass is 10.1. The molecule has 1 aromatic heterocycles. The van der Waals surface area contributed by atoms with E-state index in [-0.39, 0.29) is 0 Å². The van der Waals surface area contributed by atoms with Crippen molar-refractivity contribution in [3.63, 3.8) is 0 Å². The lowest BCUT2D eigenvalue weighted by molar-refractivity contribution is 0.189. The highest BCUT2D eigenvalue weighted by atomic mass is 32.1. The third kappa shape index (κ3) is 3.58. The minimum atomic E-state index is -0.536. The number of aliphatic hydroxyl groups excluding tert-OH is 1. The molecule has 0 aliphatic heterocycles. The van der Waals surface area contributed by atoms with Crippen molar-refractivity contribution in [2.75, 3.05) is 0 Å². The van der Waals surface area contributed by atoms with Gasteiger partial charge in [-0.15, -0.1) is 11.3 Å². The SMILES string of the molecule is Cc1ccc(OCc2csc(C(C)C)n2)c(C(C)O)c1. The Morgan fingerprint density at radius 1 is 1.30 bits per heavy atom. The van der Waals surface area contributed by atoms with E-state index < -0.39 is 6.10 Å². The average molecular weight is 291 g/mol. The van der Waals surface area contributed by atoms with Crippen LogP contribution in [0.2, 0.25) is 0 Å². The van der Waals surface area contributed by atoms with Crippen molar-refractivity contribution in [3.05, 3.63) is 45.4 Å². The molecule has 20 heavy (non-hydrogen) atoms. The summed E-state index contributed by atoms with van der Waals surface area (Å²) in [6.45, 7) is 8.46. The second-order valence-electron chi connectivity index (χ2n) is 5.34. The van der Waals surface area contributed by atoms with Crippen LogP contribution in [0.4, 0.5) is 0 Å². The molecule has 0 aliphatic rings. The van der Waals surface area contributed by atoms with Crippen molar-refractivity contribution >= 4 is 11.3 Å². The van der Waals surface area contributed by atoms with Gasteiger partial charge in [0.1, 0.15) is 12.4 Å². The normalized spacial score (nSPS) is 12.7. The summed E-state index contributed by atoms with van der Waals surface area (Å²) >= 11 is 1.67. The fourth-order valence-corrected chi connectivity index (χ4v) is 2.75. The van der Waals surface area contributed by atoms with Gasteiger partial charge in [-0.2, -0.15) is 0 Å². The summed E-state index contributed by atoms with van der Waals surface area (Å²) in [6, 6.07) is 5.86. The topological polar surface area (TPSA) is 42.4 Å². The molecular formula is C16H21NO2S. The van der Waals surface area contributed by atoms with Crippen LogP contribution in [0, 0.1) is 6.92 Å². The first kappa shape index (κ1) is 15.0. The van der Waals surface area contributed by atoms with Gasteiger partial charge in [0.15, 0.2) is 0 Å². The third-order valence-corrected chi connectivity index (χ3v) is 4.25. The fourth-order valence-electron chi connectivity index (χ4n) is 1.93. The van der Waals surface area contributed by atoms with Crippen LogP contribution in [0.15, 0.2) is 23.6 Å². The minimum Gasteiger partial charge on any atom is -0.487 e. The van der Waals surface area contributed by atoms with Gasteiger partial charge >= 0.3 is 0 Å². The maximum absolute atomic E-state index is 9.81. The molecule has 1 atom stereocenters. The number of aromatic nitrogens is 1. The van der Waals surface area contributed by atoms with Gasteiger partial charge in [0, 0.05) is 16.9 Å². The summed E-state index contributed by atoms with van der Waals surface area (Å²) in [5.41, 5.74) is 2.88. The van der Waals surface area contributed by atoms with Crippen molar-refractivity contribution in [1.82, 2.24) is 4.98 Å². The summed E-state index contributed by atoms with van der Waals surface area (Å²) in [6.07, 6.45) is -0.536. The molecular weight excluding hydrogens is 270 g/mol. The first-order chi connectivity index (χ1) is 9.47. The zero-order valence-corrected chi connectivity index (χ0v) is 13.2. The van der Waals surface area contributed by atoms with Crippen molar-refractivity contribution in [2.24, 2.45) is 0 Å². The molecule has 2 aromatic rings. The summed E-state index contributed by atoms with van der Waals surface area (Å²) in [5.74, 6) is 1.17. The number of rotatable bonds is 5. The molecule has 0 bridgehead atoms. The zero-order valence-electron chi connectivity index (χ0n) is 12.4. The molecule has 0 spiro atoms. The lowest BCUT2D eigenvalue weighted by Crippen LogP contribution is -2.02. The molecule has 3 nitrogen and oxygen atoms in total. The summed E-state index contributed by atoms with van der Waals surface area (Å²) in [5, 5.41) is 13.0. The lowest BCUT2D eigenvalue weighted by Gasteiger charge is -2.13. The second-order valence-corrected chi connectivity index (χ2v) is 6.23. The van der Waals surface area contributed by atoms with Gasteiger partial charge in [-0.1, -0.05) is 25.5 Å². The highest BCUT2D eigenvalue weighted by Crippen LogP contribution is 2.27. The standard InChI is InChI=1S/C16H21NO2S/c1-10(2)16-17-13(9-20-16)8-19-15-6-5-11(3)7-14(15)12(4)18/h5-7,9-10,12,18H,8H2,1-4H3. The van der Waals surface area contributed by atoms with Crippen LogP contribution in [0.3, 0.4) is 0 Å². The van der Waals surface area contributed by atoms with Crippen LogP contribution in [0.1, 0.15) is 54.6 Å². The van der Waals surface area contributed by atoms with Crippen LogP contribution in [-0.4, -0.2) is 10.1 Å². The van der Waals surface area contributed by atoms with Crippen LogP contribution < -0.4 is 4.74 Å². The van der Waals surface area contributed by atoms with Crippen molar-refractivity contribution < 1.29 is 9.84 Å². The number of benzene rings is 1. The van der Waals surface area contributed by atoms with Crippen molar-refractivity contribution in [1.29, 1.82) is 0 Å². The van der Waals surface area contributed by atoms with Gasteiger partial charge < -0.3 is 9.84 Å². The molecule has 0 saturated heterocycles. The molecule has 2 rings (SSSR count). The molecule has 1 aromatic carbocycles. The Morgan fingerprint density at radius 3 is 2.65 bits per heavy atom. The molecule has 0 fully saturated rings. The van der Waals surface area contributed by atoms with Crippen LogP contribution in [0.5, 0.6) is 5.75 Å². The molecule has 4 heteroatoms. The number of aryl methyl sites for hydroxylation is 1. The fraction of sp³-hybridized carbons (Fsp3) is 0.438. The van der Waals surface area contributed by atoms with Crippen LogP contribution in [-0.2, 0) is 6.61 Å². The Hall–Kier alpha value is -1.39. The van der Waals surface area contributed by atoms with Crippen molar-refractivity contribution in [3.8, 4) is 5.75 Å². The molecule has 108 valence electrons. The molecule has 1 N–H and O–H groups in total. The Labute approximate surface area is 124 Å². The first-order valence-corrected chi connectivity index (χ1v) is 7.71. The molecule has 0 aliphatic carbocycles. The average Bonchev–Trinajstić information content (AvgIpc) is 2.86. The van der Waals surface area contributed by atoms with Gasteiger partial charge in [-0.05, 0) is 26.0 Å². The van der Waals surface area contributed by atoms with Gasteiger partial charge in [-0.3, -0.25) is 0 Å². The highest BCUT2D eigenvalue weighted by molar-refractivity contribution is 7.09.